The molecule has 0 aliphatic heterocycles. The Balaban J connectivity index is 1.55. The number of hydrogen-bond donors (Lipinski definition) is 3. The summed E-state index contributed by atoms with van der Waals surface area (Å²) in [4.78, 5) is 44.1. The zero-order valence-electron chi connectivity index (χ0n) is 19.9. The van der Waals surface area contributed by atoms with Gasteiger partial charge in [-0.25, -0.2) is 4.98 Å². The molecule has 2 aromatic carbocycles. The van der Waals surface area contributed by atoms with Crippen LogP contribution in [0.15, 0.2) is 60.7 Å². The number of rotatable bonds is 4. The van der Waals surface area contributed by atoms with Gasteiger partial charge in [0.1, 0.15) is 5.00 Å². The van der Waals surface area contributed by atoms with Crippen molar-refractivity contribution in [2.75, 3.05) is 5.32 Å². The lowest BCUT2D eigenvalue weighted by molar-refractivity contribution is -0.119. The van der Waals surface area contributed by atoms with Gasteiger partial charge in [0.15, 0.2) is 0 Å². The van der Waals surface area contributed by atoms with E-state index in [2.05, 4.69) is 16.2 Å². The highest BCUT2D eigenvalue weighted by Gasteiger charge is 2.26. The Labute approximate surface area is 212 Å². The number of nitrogens with zero attached hydrogens (tertiary/aromatic N) is 1. The summed E-state index contributed by atoms with van der Waals surface area (Å²) < 4.78 is 0. The number of hydrogen-bond acceptors (Lipinski definition) is 5. The number of hydrazine groups is 1. The average Bonchev–Trinajstić information content (AvgIpc) is 3.06. The lowest BCUT2D eigenvalue weighted by Crippen LogP contribution is -2.40. The first-order valence-electron chi connectivity index (χ1n) is 12.0. The van der Waals surface area contributed by atoms with E-state index in [-0.39, 0.29) is 11.8 Å². The number of para-hydroxylation sites is 1. The van der Waals surface area contributed by atoms with Crippen LogP contribution in [0.2, 0.25) is 0 Å². The van der Waals surface area contributed by atoms with Crippen LogP contribution in [-0.4, -0.2) is 22.7 Å². The fourth-order valence-electron chi connectivity index (χ4n) is 4.57. The maximum absolute atomic E-state index is 13.7. The average molecular weight is 499 g/mol. The maximum atomic E-state index is 13.7. The molecule has 182 valence electrons. The molecule has 8 heteroatoms. The molecule has 0 atom stereocenters. The van der Waals surface area contributed by atoms with Crippen molar-refractivity contribution >= 4 is 45.0 Å². The Morgan fingerprint density at radius 2 is 1.61 bits per heavy atom. The van der Waals surface area contributed by atoms with E-state index < -0.39 is 5.91 Å². The van der Waals surface area contributed by atoms with Crippen LogP contribution in [0.1, 0.15) is 57.3 Å². The predicted molar refractivity (Wildman–Crippen MR) is 142 cm³/mol. The van der Waals surface area contributed by atoms with Crippen LogP contribution < -0.4 is 16.2 Å². The van der Waals surface area contributed by atoms with Gasteiger partial charge in [-0.3, -0.25) is 25.2 Å². The minimum Gasteiger partial charge on any atom is -0.313 e. The molecule has 3 N–H and O–H groups in total. The molecule has 36 heavy (non-hydrogen) atoms. The first-order valence-corrected chi connectivity index (χ1v) is 12.8. The third-order valence-electron chi connectivity index (χ3n) is 6.26. The minimum atomic E-state index is -0.426. The van der Waals surface area contributed by atoms with Crippen LogP contribution in [-0.2, 0) is 17.6 Å². The molecule has 3 amide bonds. The van der Waals surface area contributed by atoms with Gasteiger partial charge in [-0.15, -0.1) is 11.3 Å². The Bertz CT molecular complexity index is 1460. The van der Waals surface area contributed by atoms with Crippen molar-refractivity contribution in [1.82, 2.24) is 15.8 Å². The number of benzene rings is 2. The molecule has 0 spiro atoms. The van der Waals surface area contributed by atoms with Crippen LogP contribution in [0.4, 0.5) is 5.00 Å². The van der Waals surface area contributed by atoms with E-state index in [1.165, 1.54) is 18.3 Å². The molecule has 0 bridgehead atoms. The van der Waals surface area contributed by atoms with Crippen LogP contribution in [0.5, 0.6) is 0 Å². The number of carbonyl (C=O) groups excluding carboxylic acids is 3. The molecule has 2 aromatic heterocycles. The molecule has 2 heterocycles. The van der Waals surface area contributed by atoms with Crippen molar-refractivity contribution in [2.24, 2.45) is 0 Å². The number of aryl methyl sites for hydroxylation is 1. The third kappa shape index (κ3) is 4.85. The molecule has 4 aromatic rings. The maximum Gasteiger partial charge on any atom is 0.272 e. The second-order valence-electron chi connectivity index (χ2n) is 8.80. The van der Waals surface area contributed by atoms with Gasteiger partial charge < -0.3 is 5.32 Å². The summed E-state index contributed by atoms with van der Waals surface area (Å²) in [5.41, 5.74) is 9.04. The van der Waals surface area contributed by atoms with Crippen molar-refractivity contribution in [1.29, 1.82) is 0 Å². The van der Waals surface area contributed by atoms with E-state index in [4.69, 9.17) is 4.98 Å². The fraction of sp³-hybridized carbons (Fsp3) is 0.214. The zero-order chi connectivity index (χ0) is 25.1. The van der Waals surface area contributed by atoms with Gasteiger partial charge in [-0.2, -0.15) is 0 Å². The first kappa shape index (κ1) is 23.7. The highest BCUT2D eigenvalue weighted by atomic mass is 32.1. The van der Waals surface area contributed by atoms with Gasteiger partial charge in [-0.05, 0) is 43.4 Å². The minimum absolute atomic E-state index is 0.309. The zero-order valence-corrected chi connectivity index (χ0v) is 20.7. The van der Waals surface area contributed by atoms with Crippen molar-refractivity contribution in [3.05, 3.63) is 82.2 Å². The van der Waals surface area contributed by atoms with Crippen molar-refractivity contribution in [3.8, 4) is 11.3 Å². The van der Waals surface area contributed by atoms with Crippen LogP contribution in [0, 0.1) is 0 Å². The summed E-state index contributed by atoms with van der Waals surface area (Å²) in [6, 6.07) is 19.1. The topological polar surface area (TPSA) is 100 Å². The summed E-state index contributed by atoms with van der Waals surface area (Å²) in [5.74, 6) is -1.10. The Kier molecular flexibility index (Phi) is 6.77. The standard InChI is InChI=1S/C28H26N4O3S/c1-17(33)31-32-27(35)25-20-13-6-3-7-15-24(20)36-28(25)30-26(34)21-16-23(18-10-4-2-5-11-18)29-22-14-9-8-12-19(21)22/h2,4-5,8-12,14,16H,3,6-7,13,15H2,1H3,(H,30,34)(H,31,33)(H,32,35). The lowest BCUT2D eigenvalue weighted by Gasteiger charge is -2.12. The summed E-state index contributed by atoms with van der Waals surface area (Å²) in [6.07, 6.45) is 4.75. The molecule has 7 nitrogen and oxygen atoms in total. The summed E-state index contributed by atoms with van der Waals surface area (Å²) >= 11 is 1.45. The number of carbonyl (C=O) groups is 3. The first-order chi connectivity index (χ1) is 17.5. The van der Waals surface area contributed by atoms with Gasteiger partial charge in [0.05, 0.1) is 22.3 Å². The van der Waals surface area contributed by atoms with Crippen LogP contribution in [0.3, 0.4) is 0 Å². The van der Waals surface area contributed by atoms with E-state index in [0.29, 0.717) is 21.8 Å². The number of thiophene rings is 1. The Morgan fingerprint density at radius 1 is 0.861 bits per heavy atom. The predicted octanol–water partition coefficient (Wildman–Crippen LogP) is 5.27. The normalized spacial score (nSPS) is 12.9. The van der Waals surface area contributed by atoms with Gasteiger partial charge in [0, 0.05) is 22.8 Å². The smallest absolute Gasteiger partial charge is 0.272 e. The van der Waals surface area contributed by atoms with Gasteiger partial charge in [-0.1, -0.05) is 55.0 Å². The Morgan fingerprint density at radius 3 is 2.42 bits per heavy atom. The monoisotopic (exact) mass is 498 g/mol. The molecule has 0 unspecified atom stereocenters. The number of pyridine rings is 1. The molecule has 0 saturated carbocycles. The largest absolute Gasteiger partial charge is 0.313 e. The highest BCUT2D eigenvalue weighted by molar-refractivity contribution is 7.17. The molecule has 0 radical (unpaired) electrons. The molecule has 0 fully saturated rings. The molecule has 5 rings (SSSR count). The fourth-order valence-corrected chi connectivity index (χ4v) is 5.85. The van der Waals surface area contributed by atoms with Gasteiger partial charge >= 0.3 is 0 Å². The van der Waals surface area contributed by atoms with Crippen molar-refractivity contribution < 1.29 is 14.4 Å². The second-order valence-corrected chi connectivity index (χ2v) is 9.90. The van der Waals surface area contributed by atoms with Crippen LogP contribution >= 0.6 is 11.3 Å². The SMILES string of the molecule is CC(=O)NNC(=O)c1c(NC(=O)c2cc(-c3ccccc3)nc3ccccc23)sc2c1CCCCC2. The third-order valence-corrected chi connectivity index (χ3v) is 7.47. The second kappa shape index (κ2) is 10.3. The van der Waals surface area contributed by atoms with Gasteiger partial charge in [0.25, 0.3) is 11.8 Å². The molecule has 1 aliphatic carbocycles. The summed E-state index contributed by atoms with van der Waals surface area (Å²) in [5, 5.41) is 4.25. The number of amides is 3. The Hall–Kier alpha value is -4.04. The van der Waals surface area contributed by atoms with E-state index in [9.17, 15) is 14.4 Å². The van der Waals surface area contributed by atoms with Gasteiger partial charge in [0.2, 0.25) is 5.91 Å². The number of fused-ring (bicyclic) bond motifs is 2. The van der Waals surface area contributed by atoms with E-state index >= 15 is 0 Å². The van der Waals surface area contributed by atoms with Crippen LogP contribution in [0.25, 0.3) is 22.2 Å². The number of nitrogens with one attached hydrogen (secondary N) is 3. The number of anilines is 1. The van der Waals surface area contributed by atoms with E-state index in [1.54, 1.807) is 6.07 Å². The summed E-state index contributed by atoms with van der Waals surface area (Å²) in [6.45, 7) is 1.33. The molecule has 0 saturated heterocycles. The molecule has 1 aliphatic rings. The lowest BCUT2D eigenvalue weighted by atomic mass is 10.0. The molecular formula is C28H26N4O3S. The van der Waals surface area contributed by atoms with E-state index in [0.717, 1.165) is 59.0 Å². The molecular weight excluding hydrogens is 472 g/mol. The quantitative estimate of drug-likeness (QED) is 0.264. The van der Waals surface area contributed by atoms with Crippen molar-refractivity contribution in [3.63, 3.8) is 0 Å². The van der Waals surface area contributed by atoms with E-state index in [1.807, 2.05) is 54.6 Å². The number of aromatic nitrogens is 1. The highest BCUT2D eigenvalue weighted by Crippen LogP contribution is 2.38. The van der Waals surface area contributed by atoms with Crippen molar-refractivity contribution in [2.45, 2.75) is 39.0 Å². The summed E-state index contributed by atoms with van der Waals surface area (Å²) in [7, 11) is 0.